The highest BCUT2D eigenvalue weighted by molar-refractivity contribution is 5.98. The van der Waals surface area contributed by atoms with Gasteiger partial charge in [-0.15, -0.1) is 0 Å². The van der Waals surface area contributed by atoms with Crippen LogP contribution in [-0.4, -0.2) is 36.6 Å². The van der Waals surface area contributed by atoms with E-state index in [1.165, 1.54) is 17.0 Å². The Hall–Kier alpha value is -3.42. The lowest BCUT2D eigenvalue weighted by Gasteiger charge is -2.29. The number of amides is 1. The van der Waals surface area contributed by atoms with Gasteiger partial charge in [-0.25, -0.2) is 4.79 Å². The minimum Gasteiger partial charge on any atom is -0.493 e. The Kier molecular flexibility index (Phi) is 5.88. The van der Waals surface area contributed by atoms with E-state index in [1.54, 1.807) is 30.3 Å². The Morgan fingerprint density at radius 2 is 2.00 bits per heavy atom. The van der Waals surface area contributed by atoms with Gasteiger partial charge in [-0.05, 0) is 43.5 Å². The topological polar surface area (TPSA) is 99.0 Å². The molecule has 8 heteroatoms. The summed E-state index contributed by atoms with van der Waals surface area (Å²) in [6.07, 6.45) is 1.34. The number of hydrogen-bond donors (Lipinski definition) is 0. The zero-order valence-electron chi connectivity index (χ0n) is 15.4. The molecule has 0 fully saturated rings. The molecule has 28 heavy (non-hydrogen) atoms. The second-order valence-corrected chi connectivity index (χ2v) is 6.22. The number of aryl methyl sites for hydroxylation is 1. The maximum atomic E-state index is 12.6. The first-order valence-electron chi connectivity index (χ1n) is 8.98. The number of hydrogen-bond acceptors (Lipinski definition) is 6. The van der Waals surface area contributed by atoms with Crippen molar-refractivity contribution in [3.63, 3.8) is 0 Å². The number of non-ortho nitro benzene ring substituents is 1. The molecule has 3 rings (SSSR count). The Balaban J connectivity index is 1.70. The molecule has 0 aromatic heterocycles. The smallest absolute Gasteiger partial charge is 0.342 e. The van der Waals surface area contributed by atoms with Gasteiger partial charge < -0.3 is 14.4 Å². The normalized spacial score (nSPS) is 12.8. The molecule has 2 aromatic rings. The number of esters is 1. The summed E-state index contributed by atoms with van der Waals surface area (Å²) in [6, 6.07) is 11.1. The monoisotopic (exact) mass is 384 g/mol. The minimum absolute atomic E-state index is 0.00740. The van der Waals surface area contributed by atoms with Gasteiger partial charge in [-0.3, -0.25) is 14.9 Å². The van der Waals surface area contributed by atoms with Crippen LogP contribution in [0.15, 0.2) is 42.5 Å². The van der Waals surface area contributed by atoms with Crippen LogP contribution in [0.4, 0.5) is 11.4 Å². The van der Waals surface area contributed by atoms with E-state index in [9.17, 15) is 19.7 Å². The van der Waals surface area contributed by atoms with Crippen molar-refractivity contribution in [3.05, 3.63) is 63.7 Å². The Morgan fingerprint density at radius 3 is 2.75 bits per heavy atom. The molecule has 0 saturated heterocycles. The van der Waals surface area contributed by atoms with Crippen LogP contribution < -0.4 is 9.64 Å². The number of nitrogens with zero attached hydrogens (tertiary/aromatic N) is 2. The van der Waals surface area contributed by atoms with Crippen molar-refractivity contribution in [2.45, 2.75) is 19.8 Å². The molecule has 0 bridgehead atoms. The fourth-order valence-electron chi connectivity index (χ4n) is 3.16. The number of anilines is 1. The predicted molar refractivity (Wildman–Crippen MR) is 102 cm³/mol. The molecule has 0 N–H and O–H groups in total. The van der Waals surface area contributed by atoms with Crippen molar-refractivity contribution in [2.75, 3.05) is 24.7 Å². The number of rotatable bonds is 6. The summed E-state index contributed by atoms with van der Waals surface area (Å²) < 4.78 is 10.6. The van der Waals surface area contributed by atoms with Crippen LogP contribution in [0.25, 0.3) is 0 Å². The largest absolute Gasteiger partial charge is 0.493 e. The highest BCUT2D eigenvalue weighted by atomic mass is 16.6. The Labute approximate surface area is 161 Å². The highest BCUT2D eigenvalue weighted by Gasteiger charge is 2.25. The van der Waals surface area contributed by atoms with E-state index >= 15 is 0 Å². The van der Waals surface area contributed by atoms with E-state index in [0.717, 1.165) is 5.56 Å². The van der Waals surface area contributed by atoms with Crippen molar-refractivity contribution in [3.8, 4) is 5.75 Å². The number of nitro groups is 1. The number of fused-ring (bicyclic) bond motifs is 1. The number of carbonyl (C=O) groups is 2. The van der Waals surface area contributed by atoms with Gasteiger partial charge in [0, 0.05) is 24.4 Å². The molecule has 1 amide bonds. The van der Waals surface area contributed by atoms with Gasteiger partial charge in [0.15, 0.2) is 6.61 Å². The molecule has 1 aliphatic rings. The van der Waals surface area contributed by atoms with Crippen molar-refractivity contribution >= 4 is 23.3 Å². The average Bonchev–Trinajstić information content (AvgIpc) is 2.71. The van der Waals surface area contributed by atoms with Crippen LogP contribution in [0.5, 0.6) is 5.75 Å². The van der Waals surface area contributed by atoms with Crippen LogP contribution in [0.3, 0.4) is 0 Å². The number of para-hydroxylation sites is 1. The fraction of sp³-hybridized carbons (Fsp3) is 0.300. The molecular formula is C20H20N2O6. The summed E-state index contributed by atoms with van der Waals surface area (Å²) >= 11 is 0. The van der Waals surface area contributed by atoms with Crippen molar-refractivity contribution in [1.29, 1.82) is 0 Å². The molecule has 0 spiro atoms. The van der Waals surface area contributed by atoms with E-state index in [-0.39, 0.29) is 17.2 Å². The predicted octanol–water partition coefficient (Wildman–Crippen LogP) is 3.13. The van der Waals surface area contributed by atoms with Crippen LogP contribution in [0.1, 0.15) is 29.3 Å². The van der Waals surface area contributed by atoms with Crippen LogP contribution >= 0.6 is 0 Å². The van der Waals surface area contributed by atoms with Gasteiger partial charge in [0.1, 0.15) is 11.3 Å². The molecule has 0 unspecified atom stereocenters. The summed E-state index contributed by atoms with van der Waals surface area (Å²) in [7, 11) is 0. The maximum Gasteiger partial charge on any atom is 0.342 e. The van der Waals surface area contributed by atoms with Crippen molar-refractivity contribution in [1.82, 2.24) is 0 Å². The third-order valence-corrected chi connectivity index (χ3v) is 4.43. The van der Waals surface area contributed by atoms with Crippen LogP contribution in [0.2, 0.25) is 0 Å². The van der Waals surface area contributed by atoms with E-state index in [2.05, 4.69) is 0 Å². The second-order valence-electron chi connectivity index (χ2n) is 6.22. The summed E-state index contributed by atoms with van der Waals surface area (Å²) in [6.45, 7) is 2.26. The first-order chi connectivity index (χ1) is 13.5. The zero-order valence-corrected chi connectivity index (χ0v) is 15.4. The lowest BCUT2D eigenvalue weighted by Crippen LogP contribution is -2.38. The van der Waals surface area contributed by atoms with E-state index < -0.39 is 17.5 Å². The SMILES string of the molecule is CCOc1ccccc1C(=O)OCC(=O)N1CCCc2cc([N+](=O)[O-])ccc21. The van der Waals surface area contributed by atoms with Crippen molar-refractivity contribution in [2.24, 2.45) is 0 Å². The van der Waals surface area contributed by atoms with Gasteiger partial charge in [-0.2, -0.15) is 0 Å². The minimum atomic E-state index is -0.640. The highest BCUT2D eigenvalue weighted by Crippen LogP contribution is 2.30. The molecule has 1 aliphatic heterocycles. The number of nitro benzene ring substituents is 1. The third-order valence-electron chi connectivity index (χ3n) is 4.43. The standard InChI is InChI=1S/C20H20N2O6/c1-2-27-18-8-4-3-7-16(18)20(24)28-13-19(23)21-11-5-6-14-12-15(22(25)26)9-10-17(14)21/h3-4,7-10,12H,2,5-6,11,13H2,1H3. The molecule has 0 radical (unpaired) electrons. The van der Waals surface area contributed by atoms with Gasteiger partial charge in [-0.1, -0.05) is 12.1 Å². The first-order valence-corrected chi connectivity index (χ1v) is 8.98. The maximum absolute atomic E-state index is 12.6. The fourth-order valence-corrected chi connectivity index (χ4v) is 3.16. The molecule has 146 valence electrons. The van der Waals surface area contributed by atoms with Gasteiger partial charge in [0.2, 0.25) is 0 Å². The van der Waals surface area contributed by atoms with Crippen LogP contribution in [0, 0.1) is 10.1 Å². The third kappa shape index (κ3) is 4.11. The zero-order chi connectivity index (χ0) is 20.1. The summed E-state index contributed by atoms with van der Waals surface area (Å²) in [4.78, 5) is 36.9. The second kappa shape index (κ2) is 8.51. The molecular weight excluding hydrogens is 364 g/mol. The quantitative estimate of drug-likeness (QED) is 0.431. The molecule has 0 saturated carbocycles. The van der Waals surface area contributed by atoms with Crippen molar-refractivity contribution < 1.29 is 24.0 Å². The summed E-state index contributed by atoms with van der Waals surface area (Å²) in [5.41, 5.74) is 1.60. The molecule has 8 nitrogen and oxygen atoms in total. The Morgan fingerprint density at radius 1 is 1.21 bits per heavy atom. The first kappa shape index (κ1) is 19.3. The lowest BCUT2D eigenvalue weighted by atomic mass is 10.0. The molecule has 2 aromatic carbocycles. The van der Waals surface area contributed by atoms with E-state index in [0.29, 0.717) is 37.4 Å². The molecule has 1 heterocycles. The van der Waals surface area contributed by atoms with Gasteiger partial charge >= 0.3 is 5.97 Å². The summed E-state index contributed by atoms with van der Waals surface area (Å²) in [5.74, 6) is -0.617. The van der Waals surface area contributed by atoms with Crippen LogP contribution in [-0.2, 0) is 16.0 Å². The Bertz CT molecular complexity index is 911. The molecule has 0 atom stereocenters. The number of ether oxygens (including phenoxy) is 2. The number of benzene rings is 2. The van der Waals surface area contributed by atoms with E-state index in [1.807, 2.05) is 6.92 Å². The van der Waals surface area contributed by atoms with E-state index in [4.69, 9.17) is 9.47 Å². The van der Waals surface area contributed by atoms with Gasteiger partial charge in [0.05, 0.1) is 11.5 Å². The summed E-state index contributed by atoms with van der Waals surface area (Å²) in [5, 5.41) is 10.9. The average molecular weight is 384 g/mol. The lowest BCUT2D eigenvalue weighted by molar-refractivity contribution is -0.384. The molecule has 0 aliphatic carbocycles. The number of carbonyl (C=O) groups excluding carboxylic acids is 2. The van der Waals surface area contributed by atoms with Gasteiger partial charge in [0.25, 0.3) is 11.6 Å².